The van der Waals surface area contributed by atoms with Crippen LogP contribution < -0.4 is 10.2 Å². The third-order valence-electron chi connectivity index (χ3n) is 9.48. The number of rotatable bonds is 7. The molecule has 1 aromatic heterocycles. The number of hydrogen-bond acceptors (Lipinski definition) is 7. The number of carbonyl (C=O) groups is 1. The second kappa shape index (κ2) is 10.7. The van der Waals surface area contributed by atoms with Gasteiger partial charge in [-0.15, -0.1) is 0 Å². The van der Waals surface area contributed by atoms with Crippen molar-refractivity contribution in [3.63, 3.8) is 0 Å². The van der Waals surface area contributed by atoms with Crippen LogP contribution in [-0.4, -0.2) is 50.1 Å². The minimum Gasteiger partial charge on any atom is -0.440 e. The quantitative estimate of drug-likeness (QED) is 0.275. The number of carbonyl (C=O) groups excluding carboxylic acids is 1. The molecule has 2 aromatic carbocycles. The van der Waals surface area contributed by atoms with Gasteiger partial charge in [-0.05, 0) is 74.3 Å². The first-order valence-corrected chi connectivity index (χ1v) is 17.1. The van der Waals surface area contributed by atoms with E-state index in [1.165, 1.54) is 18.4 Å². The van der Waals surface area contributed by atoms with Gasteiger partial charge in [0.2, 0.25) is 11.8 Å². The first-order chi connectivity index (χ1) is 20.3. The number of nitrogens with one attached hydrogen (secondary N) is 1. The molecule has 42 heavy (non-hydrogen) atoms. The summed E-state index contributed by atoms with van der Waals surface area (Å²) in [5.74, 6) is 2.29. The molecule has 1 aliphatic heterocycles. The number of amides is 1. The molecule has 3 aromatic rings. The molecule has 3 N–H and O–H groups in total. The molecule has 4 aliphatic rings. The van der Waals surface area contributed by atoms with Gasteiger partial charge in [-0.3, -0.25) is 13.9 Å². The van der Waals surface area contributed by atoms with Gasteiger partial charge in [0.05, 0.1) is 17.6 Å². The van der Waals surface area contributed by atoms with Crippen LogP contribution in [0.3, 0.4) is 0 Å². The second-order valence-electron chi connectivity index (χ2n) is 12.6. The second-order valence-corrected chi connectivity index (χ2v) is 15.0. The molecule has 2 atom stereocenters. The van der Waals surface area contributed by atoms with E-state index in [0.717, 1.165) is 54.0 Å². The lowest BCUT2D eigenvalue weighted by Crippen LogP contribution is -2.42. The zero-order valence-electron chi connectivity index (χ0n) is 23.8. The predicted octanol–water partition coefficient (Wildman–Crippen LogP) is 6.90. The molecule has 4 fully saturated rings. The van der Waals surface area contributed by atoms with Crippen molar-refractivity contribution >= 4 is 22.2 Å². The van der Waals surface area contributed by atoms with Crippen molar-refractivity contribution in [2.24, 2.45) is 5.92 Å². The lowest BCUT2D eigenvalue weighted by atomic mass is 9.76. The fourth-order valence-corrected chi connectivity index (χ4v) is 7.78. The summed E-state index contributed by atoms with van der Waals surface area (Å²) in [7, 11) is -2.46. The molecule has 0 unspecified atom stereocenters. The molecular weight excluding hydrogens is 548 g/mol. The van der Waals surface area contributed by atoms with Crippen molar-refractivity contribution in [1.29, 1.82) is 5.26 Å². The third kappa shape index (κ3) is 5.56. The minimum absolute atomic E-state index is 0.0511. The maximum absolute atomic E-state index is 13.5. The molecule has 9 heteroatoms. The van der Waals surface area contributed by atoms with Gasteiger partial charge < -0.3 is 14.6 Å². The van der Waals surface area contributed by atoms with E-state index in [0.29, 0.717) is 49.2 Å². The molecular formula is C33H38N4O4S. The van der Waals surface area contributed by atoms with Crippen LogP contribution in [0.25, 0.3) is 22.7 Å². The van der Waals surface area contributed by atoms with E-state index >= 15 is 0 Å². The summed E-state index contributed by atoms with van der Waals surface area (Å²) >= 11 is 0. The zero-order valence-corrected chi connectivity index (χ0v) is 24.6. The largest absolute Gasteiger partial charge is 0.440 e. The summed E-state index contributed by atoms with van der Waals surface area (Å²) in [4.78, 5) is 20.8. The Morgan fingerprint density at radius 2 is 1.76 bits per heavy atom. The Hall–Kier alpha value is -3.32. The molecule has 220 valence electrons. The number of anilines is 1. The molecule has 8 nitrogen and oxygen atoms in total. The monoisotopic (exact) mass is 586 g/mol. The highest BCUT2D eigenvalue weighted by molar-refractivity contribution is 8.24. The number of nitrogens with zero attached hydrogens (tertiary/aromatic N) is 3. The molecule has 0 spiro atoms. The Balaban J connectivity index is 1.23. The smallest absolute Gasteiger partial charge is 0.226 e. The van der Waals surface area contributed by atoms with Crippen molar-refractivity contribution in [1.82, 2.24) is 10.3 Å². The normalized spacial score (nSPS) is 25.3. The first-order valence-electron chi connectivity index (χ1n) is 15.3. The van der Waals surface area contributed by atoms with Crippen LogP contribution in [-0.2, 0) is 4.79 Å². The van der Waals surface area contributed by atoms with Crippen LogP contribution in [0.15, 0.2) is 52.9 Å². The van der Waals surface area contributed by atoms with E-state index in [2.05, 4.69) is 58.8 Å². The molecule has 2 heterocycles. The average Bonchev–Trinajstić information content (AvgIpc) is 3.95. The van der Waals surface area contributed by atoms with Crippen molar-refractivity contribution in [3.8, 4) is 28.8 Å². The summed E-state index contributed by atoms with van der Waals surface area (Å²) in [5.41, 5.74) is 4.31. The SMILES string of the molecule is N#CC1(NC(=O)[C@@H]2CCCC[C@H]2c2oc(-c3cccc(C4CC4)c3)nc2-c2ccc(N3CCS(O)(O)CC3)cc2)CC1. The van der Waals surface area contributed by atoms with Crippen LogP contribution in [0.4, 0.5) is 5.69 Å². The number of oxazole rings is 1. The third-order valence-corrected chi connectivity index (χ3v) is 11.2. The summed E-state index contributed by atoms with van der Waals surface area (Å²) < 4.78 is 26.7. The molecule has 0 bridgehead atoms. The Morgan fingerprint density at radius 1 is 1.02 bits per heavy atom. The van der Waals surface area contributed by atoms with E-state index in [1.54, 1.807) is 0 Å². The minimum atomic E-state index is -2.46. The zero-order chi connectivity index (χ0) is 28.9. The van der Waals surface area contributed by atoms with Crippen LogP contribution >= 0.6 is 10.6 Å². The number of hydrogen-bond donors (Lipinski definition) is 3. The summed E-state index contributed by atoms with van der Waals surface area (Å²) in [6.07, 6.45) is 7.44. The Bertz CT molecular complexity index is 1510. The van der Waals surface area contributed by atoms with Gasteiger partial charge in [-0.1, -0.05) is 37.1 Å². The highest BCUT2D eigenvalue weighted by Gasteiger charge is 2.47. The summed E-state index contributed by atoms with van der Waals surface area (Å²) in [6, 6.07) is 19.0. The van der Waals surface area contributed by atoms with Crippen LogP contribution in [0.1, 0.15) is 74.5 Å². The van der Waals surface area contributed by atoms with Crippen molar-refractivity contribution in [3.05, 3.63) is 59.9 Å². The van der Waals surface area contributed by atoms with Gasteiger partial charge in [0.15, 0.2) is 0 Å². The predicted molar refractivity (Wildman–Crippen MR) is 165 cm³/mol. The maximum atomic E-state index is 13.5. The van der Waals surface area contributed by atoms with Crippen molar-refractivity contribution < 1.29 is 18.3 Å². The van der Waals surface area contributed by atoms with Gasteiger partial charge in [-0.2, -0.15) is 15.9 Å². The van der Waals surface area contributed by atoms with E-state index in [9.17, 15) is 19.2 Å². The van der Waals surface area contributed by atoms with E-state index < -0.39 is 16.1 Å². The molecule has 7 rings (SSSR count). The lowest BCUT2D eigenvalue weighted by Gasteiger charge is -2.41. The van der Waals surface area contributed by atoms with Crippen molar-refractivity contribution in [2.45, 2.75) is 68.7 Å². The molecule has 0 radical (unpaired) electrons. The highest BCUT2D eigenvalue weighted by atomic mass is 32.3. The summed E-state index contributed by atoms with van der Waals surface area (Å²) in [5, 5.41) is 12.7. The van der Waals surface area contributed by atoms with Gasteiger partial charge in [-0.25, -0.2) is 4.98 Å². The molecule has 1 amide bonds. The van der Waals surface area contributed by atoms with Gasteiger partial charge in [0, 0.05) is 41.7 Å². The number of nitriles is 1. The molecule has 3 saturated carbocycles. The fourth-order valence-electron chi connectivity index (χ4n) is 6.55. The van der Waals surface area contributed by atoms with Crippen molar-refractivity contribution in [2.75, 3.05) is 29.5 Å². The lowest BCUT2D eigenvalue weighted by molar-refractivity contribution is -0.127. The average molecular weight is 587 g/mol. The van der Waals surface area contributed by atoms with Gasteiger partial charge in [0.25, 0.3) is 0 Å². The van der Waals surface area contributed by atoms with Crippen LogP contribution in [0.2, 0.25) is 0 Å². The fraction of sp³-hybridized carbons (Fsp3) is 0.485. The molecule has 3 aliphatic carbocycles. The van der Waals surface area contributed by atoms with Crippen LogP contribution in [0, 0.1) is 17.2 Å². The Kier molecular flexibility index (Phi) is 7.04. The molecule has 1 saturated heterocycles. The standard InChI is InChI=1S/C33H38N4O4S/c34-21-33(14-15-33)36-31(38)28-7-2-1-6-27(28)30-29(35-32(41-30)25-5-3-4-24(20-25)22-8-9-22)23-10-12-26(13-11-23)37-16-18-42(39,40)19-17-37/h3-5,10-13,20,22,27-28,39-40H,1-2,6-9,14-19H2,(H,36,38)/t27-,28-/m1/s1. The maximum Gasteiger partial charge on any atom is 0.226 e. The Labute approximate surface area is 248 Å². The Morgan fingerprint density at radius 3 is 2.45 bits per heavy atom. The van der Waals surface area contributed by atoms with Crippen LogP contribution in [0.5, 0.6) is 0 Å². The number of benzene rings is 2. The van der Waals surface area contributed by atoms with Gasteiger partial charge in [0.1, 0.15) is 17.0 Å². The topological polar surface area (TPSA) is 123 Å². The van der Waals surface area contributed by atoms with Gasteiger partial charge >= 0.3 is 0 Å². The summed E-state index contributed by atoms with van der Waals surface area (Å²) in [6.45, 7) is 1.23. The first kappa shape index (κ1) is 27.5. The van der Waals surface area contributed by atoms with E-state index in [-0.39, 0.29) is 17.7 Å². The van der Waals surface area contributed by atoms with E-state index in [4.69, 9.17) is 9.40 Å². The number of aromatic nitrogens is 1. The highest BCUT2D eigenvalue weighted by Crippen LogP contribution is 2.46. The van der Waals surface area contributed by atoms with E-state index in [1.807, 2.05) is 6.07 Å².